The third kappa shape index (κ3) is 8.29. The number of para-hydroxylation sites is 1. The second kappa shape index (κ2) is 15.6. The van der Waals surface area contributed by atoms with E-state index < -0.39 is 0 Å². The first kappa shape index (κ1) is 28.1. The average Bonchev–Trinajstić information content (AvgIpc) is 3.32. The molecule has 196 valence electrons. The zero-order chi connectivity index (χ0) is 25.6. The predicted molar refractivity (Wildman–Crippen MR) is 154 cm³/mol. The normalized spacial score (nSPS) is 11.3. The molecular formula is C30H45N4OS+. The van der Waals surface area contributed by atoms with Crippen molar-refractivity contribution in [2.75, 3.05) is 11.4 Å². The Bertz CT molecular complexity index is 1030. The van der Waals surface area contributed by atoms with Crippen molar-refractivity contribution in [3.8, 4) is 5.75 Å². The molecule has 0 aliphatic carbocycles. The van der Waals surface area contributed by atoms with E-state index in [0.29, 0.717) is 5.69 Å². The van der Waals surface area contributed by atoms with Gasteiger partial charge in [-0.25, -0.2) is 4.98 Å². The molecular weight excluding hydrogens is 464 g/mol. The first-order valence-corrected chi connectivity index (χ1v) is 14.9. The number of thiazole rings is 1. The zero-order valence-corrected chi connectivity index (χ0v) is 23.4. The van der Waals surface area contributed by atoms with Crippen molar-refractivity contribution in [2.45, 2.75) is 104 Å². The third-order valence-corrected chi connectivity index (χ3v) is 7.88. The fourth-order valence-electron chi connectivity index (χ4n) is 4.58. The first-order valence-electron chi connectivity index (χ1n) is 14.0. The Morgan fingerprint density at radius 1 is 0.889 bits per heavy atom. The van der Waals surface area contributed by atoms with E-state index in [1.807, 2.05) is 12.1 Å². The Labute approximate surface area is 221 Å². The molecule has 0 spiro atoms. The summed E-state index contributed by atoms with van der Waals surface area (Å²) in [6.07, 6.45) is 15.4. The molecule has 1 aromatic heterocycles. The van der Waals surface area contributed by atoms with E-state index in [-0.39, 0.29) is 6.10 Å². The van der Waals surface area contributed by atoms with Gasteiger partial charge in [0.2, 0.25) is 0 Å². The number of aromatic nitrogens is 1. The Hall–Kier alpha value is -2.47. The van der Waals surface area contributed by atoms with E-state index in [2.05, 4.69) is 61.1 Å². The van der Waals surface area contributed by atoms with Crippen molar-refractivity contribution in [3.63, 3.8) is 0 Å². The maximum atomic E-state index is 6.21. The average molecular weight is 510 g/mol. The molecule has 1 heterocycles. The molecule has 0 radical (unpaired) electrons. The molecule has 2 N–H and O–H groups in total. The van der Waals surface area contributed by atoms with Crippen LogP contribution >= 0.6 is 11.3 Å². The number of nitrogens with two attached hydrogens (primary N) is 1. The van der Waals surface area contributed by atoms with Crippen LogP contribution in [-0.2, 0) is 0 Å². The van der Waals surface area contributed by atoms with Gasteiger partial charge in [-0.05, 0) is 42.6 Å². The van der Waals surface area contributed by atoms with Crippen molar-refractivity contribution < 1.29 is 10.3 Å². The molecule has 0 aliphatic heterocycles. The molecule has 0 atom stereocenters. The molecule has 0 amide bonds. The molecule has 3 rings (SSSR count). The van der Waals surface area contributed by atoms with Crippen LogP contribution in [0.15, 0.2) is 47.6 Å². The van der Waals surface area contributed by atoms with Crippen LogP contribution in [0.5, 0.6) is 5.75 Å². The summed E-state index contributed by atoms with van der Waals surface area (Å²) < 4.78 is 7.29. The molecule has 3 aromatic rings. The summed E-state index contributed by atoms with van der Waals surface area (Å²) in [6.45, 7) is 7.52. The van der Waals surface area contributed by atoms with E-state index in [1.165, 1.54) is 63.5 Å². The van der Waals surface area contributed by atoms with Gasteiger partial charge in [-0.1, -0.05) is 108 Å². The van der Waals surface area contributed by atoms with Crippen LogP contribution in [0, 0.1) is 0 Å². The van der Waals surface area contributed by atoms with Crippen molar-refractivity contribution in [3.05, 3.63) is 42.5 Å². The van der Waals surface area contributed by atoms with E-state index in [1.54, 1.807) is 11.3 Å². The van der Waals surface area contributed by atoms with E-state index in [0.717, 1.165) is 46.9 Å². The molecule has 5 nitrogen and oxygen atoms in total. The number of rotatable bonds is 18. The van der Waals surface area contributed by atoms with E-state index in [9.17, 15) is 0 Å². The monoisotopic (exact) mass is 509 g/mol. The highest BCUT2D eigenvalue weighted by Crippen LogP contribution is 2.39. The summed E-state index contributed by atoms with van der Waals surface area (Å²) in [5, 5.41) is 5.01. The smallest absolute Gasteiger partial charge is 0.190 e. The van der Waals surface area contributed by atoms with Crippen molar-refractivity contribution in [2.24, 2.45) is 5.11 Å². The van der Waals surface area contributed by atoms with Gasteiger partial charge in [0.1, 0.15) is 0 Å². The van der Waals surface area contributed by atoms with Gasteiger partial charge < -0.3 is 9.64 Å². The number of unbranched alkanes of at least 4 members (excludes halogenated alkanes) is 9. The van der Waals surface area contributed by atoms with Crippen molar-refractivity contribution in [1.29, 1.82) is 0 Å². The second-order valence-electron chi connectivity index (χ2n) is 9.64. The molecule has 0 fully saturated rings. The third-order valence-electron chi connectivity index (χ3n) is 6.84. The van der Waals surface area contributed by atoms with E-state index >= 15 is 0 Å². The second-order valence-corrected chi connectivity index (χ2v) is 10.6. The minimum atomic E-state index is 0.151. The highest BCUT2D eigenvalue weighted by molar-refractivity contribution is 7.22. The van der Waals surface area contributed by atoms with Gasteiger partial charge in [0.25, 0.3) is 0 Å². The summed E-state index contributed by atoms with van der Waals surface area (Å²) in [7, 11) is 0. The predicted octanol–water partition coefficient (Wildman–Crippen LogP) is 8.77. The van der Waals surface area contributed by atoms with Crippen LogP contribution in [0.3, 0.4) is 0 Å². The summed E-state index contributed by atoms with van der Waals surface area (Å²) in [5.41, 5.74) is 8.53. The highest BCUT2D eigenvalue weighted by Gasteiger charge is 2.18. The number of nitrogens with zero attached hydrogens (tertiary/aromatic N) is 3. The summed E-state index contributed by atoms with van der Waals surface area (Å²) in [4.78, 5) is 7.39. The maximum absolute atomic E-state index is 6.21. The fourth-order valence-corrected chi connectivity index (χ4v) is 5.61. The molecule has 2 aromatic carbocycles. The molecule has 0 saturated heterocycles. The van der Waals surface area contributed by atoms with Gasteiger partial charge in [-0.2, -0.15) is 5.53 Å². The van der Waals surface area contributed by atoms with Gasteiger partial charge in [0.15, 0.2) is 16.6 Å². The van der Waals surface area contributed by atoms with E-state index in [4.69, 9.17) is 15.3 Å². The van der Waals surface area contributed by atoms with Crippen LogP contribution in [0.2, 0.25) is 0 Å². The Balaban J connectivity index is 1.67. The first-order chi connectivity index (χ1) is 17.7. The van der Waals surface area contributed by atoms with Gasteiger partial charge in [-0.15, -0.1) is 0 Å². The molecule has 0 aliphatic rings. The highest BCUT2D eigenvalue weighted by atomic mass is 32.1. The minimum Gasteiger partial charge on any atom is -0.488 e. The van der Waals surface area contributed by atoms with Gasteiger partial charge >= 0.3 is 0 Å². The Kier molecular flexibility index (Phi) is 12.2. The minimum absolute atomic E-state index is 0.151. The van der Waals surface area contributed by atoms with Crippen LogP contribution in [0.4, 0.5) is 16.5 Å². The zero-order valence-electron chi connectivity index (χ0n) is 22.5. The van der Waals surface area contributed by atoms with Gasteiger partial charge in [-0.3, -0.25) is 0 Å². The summed E-state index contributed by atoms with van der Waals surface area (Å²) >= 11 is 1.69. The largest absolute Gasteiger partial charge is 0.488 e. The standard InChI is InChI=1S/C30H44N4OS/c1-4-7-8-9-10-11-12-13-14-18-21-34(24-19-16-15-17-20-24)30-32-27-22-28(35-25(5-2)6-3)26(33-31)23-29(27)36-30/h15-17,19-20,22-23,25,31H,4-14,18,21H2,1-3H3/p+1. The Morgan fingerprint density at radius 3 is 2.14 bits per heavy atom. The lowest BCUT2D eigenvalue weighted by molar-refractivity contribution is -0.210. The van der Waals surface area contributed by atoms with Gasteiger partial charge in [0, 0.05) is 18.3 Å². The topological polar surface area (TPSA) is 63.3 Å². The van der Waals surface area contributed by atoms with Crippen molar-refractivity contribution in [1.82, 2.24) is 4.98 Å². The SMILES string of the molecule is CCCCCCCCCCCCN(c1ccccc1)c1nc2cc(OC(CC)CC)c(N=[NH2+])cc2s1. The molecule has 6 heteroatoms. The Morgan fingerprint density at radius 2 is 1.53 bits per heavy atom. The van der Waals surface area contributed by atoms with Crippen molar-refractivity contribution >= 4 is 38.1 Å². The molecule has 0 saturated carbocycles. The van der Waals surface area contributed by atoms with Crippen LogP contribution < -0.4 is 15.2 Å². The van der Waals surface area contributed by atoms with Gasteiger partial charge in [0.05, 0.1) is 16.3 Å². The summed E-state index contributed by atoms with van der Waals surface area (Å²) in [5.74, 6) is 0.719. The number of anilines is 2. The lowest BCUT2D eigenvalue weighted by Crippen LogP contribution is -2.22. The number of ether oxygens (including phenoxy) is 1. The summed E-state index contributed by atoms with van der Waals surface area (Å²) in [6, 6.07) is 14.6. The number of benzene rings is 2. The lowest BCUT2D eigenvalue weighted by atomic mass is 10.1. The number of fused-ring (bicyclic) bond motifs is 1. The molecule has 36 heavy (non-hydrogen) atoms. The fraction of sp³-hybridized carbons (Fsp3) is 0.567. The molecule has 0 bridgehead atoms. The van der Waals surface area contributed by atoms with Crippen LogP contribution in [-0.4, -0.2) is 17.6 Å². The number of hydrogen-bond acceptors (Lipinski definition) is 5. The maximum Gasteiger partial charge on any atom is 0.190 e. The molecule has 0 unspecified atom stereocenters. The lowest BCUT2D eigenvalue weighted by Gasteiger charge is -2.22. The quantitative estimate of drug-likeness (QED) is 0.138. The van der Waals surface area contributed by atoms with Crippen LogP contribution in [0.25, 0.3) is 10.2 Å². The van der Waals surface area contributed by atoms with Crippen LogP contribution in [0.1, 0.15) is 97.8 Å². The number of hydrogen-bond donors (Lipinski definition) is 1.